The molecule has 3 aromatic rings. The van der Waals surface area contributed by atoms with Gasteiger partial charge in [-0.15, -0.1) is 0 Å². The van der Waals surface area contributed by atoms with Gasteiger partial charge in [-0.1, -0.05) is 65.1 Å². The van der Waals surface area contributed by atoms with Crippen LogP contribution in [0.2, 0.25) is 15.1 Å². The largest absolute Gasteiger partial charge is 0.486 e. The van der Waals surface area contributed by atoms with E-state index in [0.29, 0.717) is 33.0 Å². The lowest BCUT2D eigenvalue weighted by atomic mass is 10.0. The predicted octanol–water partition coefficient (Wildman–Crippen LogP) is 6.72. The molecule has 0 radical (unpaired) electrons. The molecule has 3 aromatic carbocycles. The van der Waals surface area contributed by atoms with Gasteiger partial charge in [-0.05, 0) is 47.5 Å². The lowest BCUT2D eigenvalue weighted by Gasteiger charge is -2.11. The van der Waals surface area contributed by atoms with Crippen LogP contribution in [-0.4, -0.2) is 5.91 Å². The quantitative estimate of drug-likeness (QED) is 0.467. The third-order valence-corrected chi connectivity index (χ3v) is 5.15. The molecule has 140 valence electrons. The standard InChI is InChI=1S/C22H14Cl3NO2/c23-15-7-5-13(6-8-15)12-28-21-18(24)10-14(11-19(21)25)9-17-16-3-1-2-4-20(16)26-22(17)27/h1-11H,12H2,(H,26,27)/b17-9+. The number of ether oxygens (including phenoxy) is 1. The molecule has 6 heteroatoms. The molecule has 0 spiro atoms. The number of hydrogen-bond donors (Lipinski definition) is 1. The maximum atomic E-state index is 12.3. The Morgan fingerprint density at radius 2 is 1.61 bits per heavy atom. The SMILES string of the molecule is O=C1Nc2ccccc2/C1=C\c1cc(Cl)c(OCc2ccc(Cl)cc2)c(Cl)c1. The smallest absolute Gasteiger partial charge is 0.256 e. The summed E-state index contributed by atoms with van der Waals surface area (Å²) < 4.78 is 5.79. The van der Waals surface area contributed by atoms with Gasteiger partial charge < -0.3 is 10.1 Å². The van der Waals surface area contributed by atoms with Crippen LogP contribution in [0.1, 0.15) is 16.7 Å². The Balaban J connectivity index is 1.59. The highest BCUT2D eigenvalue weighted by Crippen LogP contribution is 2.37. The second kappa shape index (κ2) is 7.88. The van der Waals surface area contributed by atoms with Crippen LogP contribution in [0.25, 0.3) is 11.6 Å². The average molecular weight is 431 g/mol. The van der Waals surface area contributed by atoms with Gasteiger partial charge in [0.15, 0.2) is 5.75 Å². The van der Waals surface area contributed by atoms with E-state index in [0.717, 1.165) is 22.4 Å². The molecule has 28 heavy (non-hydrogen) atoms. The number of rotatable bonds is 4. The van der Waals surface area contributed by atoms with Crippen molar-refractivity contribution >= 4 is 58.0 Å². The van der Waals surface area contributed by atoms with Gasteiger partial charge in [-0.25, -0.2) is 0 Å². The van der Waals surface area contributed by atoms with E-state index in [4.69, 9.17) is 39.5 Å². The molecule has 0 fully saturated rings. The Labute approximate surface area is 177 Å². The molecule has 0 saturated carbocycles. The minimum Gasteiger partial charge on any atom is -0.486 e. The van der Waals surface area contributed by atoms with E-state index in [1.165, 1.54) is 0 Å². The molecule has 0 aromatic heterocycles. The second-order valence-corrected chi connectivity index (χ2v) is 7.54. The number of halogens is 3. The zero-order chi connectivity index (χ0) is 19.7. The number of nitrogens with one attached hydrogen (secondary N) is 1. The normalized spacial score (nSPS) is 14.1. The summed E-state index contributed by atoms with van der Waals surface area (Å²) in [5.74, 6) is 0.244. The predicted molar refractivity (Wildman–Crippen MR) is 115 cm³/mol. The first-order valence-corrected chi connectivity index (χ1v) is 9.63. The molecule has 0 aliphatic carbocycles. The van der Waals surface area contributed by atoms with Crippen LogP contribution in [-0.2, 0) is 11.4 Å². The molecule has 1 amide bonds. The number of carbonyl (C=O) groups excluding carboxylic acids is 1. The first-order chi connectivity index (χ1) is 13.5. The van der Waals surface area contributed by atoms with Crippen molar-refractivity contribution < 1.29 is 9.53 Å². The Morgan fingerprint density at radius 3 is 2.32 bits per heavy atom. The number of anilines is 1. The fraction of sp³-hybridized carbons (Fsp3) is 0.0455. The summed E-state index contributed by atoms with van der Waals surface area (Å²) in [5.41, 5.74) is 3.87. The van der Waals surface area contributed by atoms with Crippen molar-refractivity contribution in [2.75, 3.05) is 5.32 Å². The molecule has 0 bridgehead atoms. The van der Waals surface area contributed by atoms with E-state index in [-0.39, 0.29) is 5.91 Å². The summed E-state index contributed by atoms with van der Waals surface area (Å²) in [6.07, 6.45) is 1.77. The van der Waals surface area contributed by atoms with Gasteiger partial charge >= 0.3 is 0 Å². The van der Waals surface area contributed by atoms with Crippen LogP contribution in [0, 0.1) is 0 Å². The molecule has 3 nitrogen and oxygen atoms in total. The molecule has 0 saturated heterocycles. The van der Waals surface area contributed by atoms with E-state index in [1.54, 1.807) is 30.3 Å². The summed E-state index contributed by atoms with van der Waals surface area (Å²) in [4.78, 5) is 12.3. The Bertz CT molecular complexity index is 1070. The summed E-state index contributed by atoms with van der Waals surface area (Å²) in [5, 5.41) is 4.26. The van der Waals surface area contributed by atoms with E-state index < -0.39 is 0 Å². The molecule has 1 N–H and O–H groups in total. The molecule has 0 unspecified atom stereocenters. The lowest BCUT2D eigenvalue weighted by Crippen LogP contribution is -2.03. The average Bonchev–Trinajstić information content (AvgIpc) is 2.98. The highest BCUT2D eigenvalue weighted by molar-refractivity contribution is 6.38. The Hall–Kier alpha value is -2.46. The Morgan fingerprint density at radius 1 is 0.929 bits per heavy atom. The number of amides is 1. The van der Waals surface area contributed by atoms with Crippen LogP contribution in [0.3, 0.4) is 0 Å². The third-order valence-electron chi connectivity index (χ3n) is 4.34. The summed E-state index contributed by atoms with van der Waals surface area (Å²) in [6, 6.07) is 18.3. The molecular weight excluding hydrogens is 417 g/mol. The van der Waals surface area contributed by atoms with Gasteiger partial charge in [0.05, 0.1) is 10.0 Å². The van der Waals surface area contributed by atoms with Crippen molar-refractivity contribution in [2.45, 2.75) is 6.61 Å². The summed E-state index contributed by atoms with van der Waals surface area (Å²) >= 11 is 18.7. The minimum atomic E-state index is -0.156. The van der Waals surface area contributed by atoms with E-state index in [1.807, 2.05) is 36.4 Å². The zero-order valence-corrected chi connectivity index (χ0v) is 16.8. The first-order valence-electron chi connectivity index (χ1n) is 8.50. The fourth-order valence-electron chi connectivity index (χ4n) is 2.99. The number of benzene rings is 3. The van der Waals surface area contributed by atoms with Gasteiger partial charge in [0.1, 0.15) is 6.61 Å². The van der Waals surface area contributed by atoms with Crippen LogP contribution < -0.4 is 10.1 Å². The molecule has 0 atom stereocenters. The van der Waals surface area contributed by atoms with Crippen LogP contribution in [0.15, 0.2) is 60.7 Å². The van der Waals surface area contributed by atoms with Gasteiger partial charge in [0.2, 0.25) is 0 Å². The molecule has 1 heterocycles. The summed E-state index contributed by atoms with van der Waals surface area (Å²) in [7, 11) is 0. The van der Waals surface area contributed by atoms with E-state index >= 15 is 0 Å². The van der Waals surface area contributed by atoms with Crippen molar-refractivity contribution in [1.29, 1.82) is 0 Å². The topological polar surface area (TPSA) is 38.3 Å². The van der Waals surface area contributed by atoms with Gasteiger partial charge in [-0.2, -0.15) is 0 Å². The van der Waals surface area contributed by atoms with Gasteiger partial charge in [-0.3, -0.25) is 4.79 Å². The number of hydrogen-bond acceptors (Lipinski definition) is 2. The first kappa shape index (κ1) is 18.9. The third kappa shape index (κ3) is 3.88. The van der Waals surface area contributed by atoms with E-state index in [2.05, 4.69) is 5.32 Å². The molecule has 1 aliphatic rings. The molecular formula is C22H14Cl3NO2. The maximum absolute atomic E-state index is 12.3. The minimum absolute atomic E-state index is 0.156. The van der Waals surface area contributed by atoms with Gasteiger partial charge in [0, 0.05) is 21.8 Å². The number of carbonyl (C=O) groups is 1. The Kier molecular flexibility index (Phi) is 5.31. The lowest BCUT2D eigenvalue weighted by molar-refractivity contribution is -0.110. The van der Waals surface area contributed by atoms with Crippen molar-refractivity contribution in [2.24, 2.45) is 0 Å². The van der Waals surface area contributed by atoms with Crippen molar-refractivity contribution in [3.05, 3.63) is 92.4 Å². The maximum Gasteiger partial charge on any atom is 0.256 e. The van der Waals surface area contributed by atoms with Crippen LogP contribution >= 0.6 is 34.8 Å². The van der Waals surface area contributed by atoms with Crippen molar-refractivity contribution in [3.8, 4) is 5.75 Å². The van der Waals surface area contributed by atoms with Crippen LogP contribution in [0.5, 0.6) is 5.75 Å². The number of fused-ring (bicyclic) bond motifs is 1. The van der Waals surface area contributed by atoms with Crippen LogP contribution in [0.4, 0.5) is 5.69 Å². The zero-order valence-electron chi connectivity index (χ0n) is 14.5. The molecule has 4 rings (SSSR count). The van der Waals surface area contributed by atoms with Gasteiger partial charge in [0.25, 0.3) is 5.91 Å². The van der Waals surface area contributed by atoms with E-state index in [9.17, 15) is 4.79 Å². The highest BCUT2D eigenvalue weighted by atomic mass is 35.5. The monoisotopic (exact) mass is 429 g/mol. The number of para-hydroxylation sites is 1. The van der Waals surface area contributed by atoms with Crippen molar-refractivity contribution in [1.82, 2.24) is 0 Å². The fourth-order valence-corrected chi connectivity index (χ4v) is 3.72. The highest BCUT2D eigenvalue weighted by Gasteiger charge is 2.23. The van der Waals surface area contributed by atoms with Crippen molar-refractivity contribution in [3.63, 3.8) is 0 Å². The summed E-state index contributed by atoms with van der Waals surface area (Å²) in [6.45, 7) is 0.312. The molecule has 1 aliphatic heterocycles. The second-order valence-electron chi connectivity index (χ2n) is 6.29.